The van der Waals surface area contributed by atoms with E-state index in [0.717, 1.165) is 23.8 Å². The third-order valence-electron chi connectivity index (χ3n) is 3.72. The highest BCUT2D eigenvalue weighted by molar-refractivity contribution is 5.86. The first kappa shape index (κ1) is 13.0. The maximum absolute atomic E-state index is 13.7. The van der Waals surface area contributed by atoms with Crippen molar-refractivity contribution in [3.05, 3.63) is 47.8 Å². The van der Waals surface area contributed by atoms with Crippen molar-refractivity contribution < 1.29 is 9.50 Å². The fourth-order valence-corrected chi connectivity index (χ4v) is 2.53. The predicted molar refractivity (Wildman–Crippen MR) is 72.9 cm³/mol. The molecule has 0 aliphatic rings. The Morgan fingerprint density at radius 1 is 1.00 bits per heavy atom. The van der Waals surface area contributed by atoms with Crippen molar-refractivity contribution in [3.63, 3.8) is 0 Å². The molecule has 0 radical (unpaired) electrons. The molecule has 0 bridgehead atoms. The lowest BCUT2D eigenvalue weighted by Gasteiger charge is -2.22. The molecule has 96 valence electrons. The van der Waals surface area contributed by atoms with E-state index in [-0.39, 0.29) is 11.7 Å². The molecule has 2 heteroatoms. The van der Waals surface area contributed by atoms with Gasteiger partial charge in [-0.2, -0.15) is 0 Å². The molecule has 1 N–H and O–H groups in total. The van der Waals surface area contributed by atoms with Crippen LogP contribution in [0.3, 0.4) is 0 Å². The summed E-state index contributed by atoms with van der Waals surface area (Å²) in [4.78, 5) is 0. The van der Waals surface area contributed by atoms with Crippen LogP contribution in [0.5, 0.6) is 0 Å². The Hall–Kier alpha value is -1.41. The second-order valence-corrected chi connectivity index (χ2v) is 4.70. The zero-order valence-electron chi connectivity index (χ0n) is 10.9. The van der Waals surface area contributed by atoms with E-state index in [1.54, 1.807) is 12.1 Å². The standard InChI is InChI=1S/C16H19FO/c1-3-11(4-2)16(18)14-9-10-15(17)13-8-6-5-7-12(13)14/h5-11,16,18H,3-4H2,1-2H3. The van der Waals surface area contributed by atoms with Crippen LogP contribution in [-0.2, 0) is 0 Å². The number of hydrogen-bond donors (Lipinski definition) is 1. The third-order valence-corrected chi connectivity index (χ3v) is 3.72. The second kappa shape index (κ2) is 5.49. The quantitative estimate of drug-likeness (QED) is 0.845. The Kier molecular flexibility index (Phi) is 3.97. The van der Waals surface area contributed by atoms with Gasteiger partial charge in [0.1, 0.15) is 5.82 Å². The predicted octanol–water partition coefficient (Wildman–Crippen LogP) is 4.45. The highest BCUT2D eigenvalue weighted by atomic mass is 19.1. The maximum atomic E-state index is 13.7. The molecule has 2 rings (SSSR count). The van der Waals surface area contributed by atoms with Gasteiger partial charge in [-0.1, -0.05) is 57.0 Å². The van der Waals surface area contributed by atoms with Crippen molar-refractivity contribution >= 4 is 10.8 Å². The van der Waals surface area contributed by atoms with Crippen molar-refractivity contribution in [1.82, 2.24) is 0 Å². The molecule has 0 spiro atoms. The van der Waals surface area contributed by atoms with Crippen LogP contribution >= 0.6 is 0 Å². The van der Waals surface area contributed by atoms with Gasteiger partial charge in [-0.3, -0.25) is 0 Å². The fraction of sp³-hybridized carbons (Fsp3) is 0.375. The molecule has 2 aromatic carbocycles. The lowest BCUT2D eigenvalue weighted by Crippen LogP contribution is -2.11. The molecular formula is C16H19FO. The third kappa shape index (κ3) is 2.25. The van der Waals surface area contributed by atoms with Crippen LogP contribution in [-0.4, -0.2) is 5.11 Å². The van der Waals surface area contributed by atoms with Crippen LogP contribution in [0.4, 0.5) is 4.39 Å². The summed E-state index contributed by atoms with van der Waals surface area (Å²) < 4.78 is 13.7. The summed E-state index contributed by atoms with van der Waals surface area (Å²) >= 11 is 0. The second-order valence-electron chi connectivity index (χ2n) is 4.70. The summed E-state index contributed by atoms with van der Waals surface area (Å²) in [6, 6.07) is 10.5. The Morgan fingerprint density at radius 2 is 1.61 bits per heavy atom. The van der Waals surface area contributed by atoms with Crippen LogP contribution in [0.25, 0.3) is 10.8 Å². The van der Waals surface area contributed by atoms with Gasteiger partial charge in [0.2, 0.25) is 0 Å². The number of aliphatic hydroxyl groups excluding tert-OH is 1. The van der Waals surface area contributed by atoms with Gasteiger partial charge in [0.05, 0.1) is 6.10 Å². The highest BCUT2D eigenvalue weighted by Crippen LogP contribution is 2.33. The average Bonchev–Trinajstić information content (AvgIpc) is 2.41. The van der Waals surface area contributed by atoms with E-state index in [9.17, 15) is 9.50 Å². The van der Waals surface area contributed by atoms with Gasteiger partial charge in [0.25, 0.3) is 0 Å². The van der Waals surface area contributed by atoms with Crippen LogP contribution in [0, 0.1) is 11.7 Å². The molecule has 18 heavy (non-hydrogen) atoms. The number of benzene rings is 2. The Balaban J connectivity index is 2.54. The van der Waals surface area contributed by atoms with Gasteiger partial charge >= 0.3 is 0 Å². The van der Waals surface area contributed by atoms with Crippen molar-refractivity contribution in [1.29, 1.82) is 0 Å². The van der Waals surface area contributed by atoms with Gasteiger partial charge in [-0.25, -0.2) is 4.39 Å². The fourth-order valence-electron chi connectivity index (χ4n) is 2.53. The normalized spacial score (nSPS) is 13.2. The van der Waals surface area contributed by atoms with E-state index in [1.807, 2.05) is 18.2 Å². The topological polar surface area (TPSA) is 20.2 Å². The summed E-state index contributed by atoms with van der Waals surface area (Å²) in [6.07, 6.45) is 1.32. The molecule has 1 unspecified atom stereocenters. The molecule has 0 amide bonds. The zero-order chi connectivity index (χ0) is 13.1. The van der Waals surface area contributed by atoms with Gasteiger partial charge in [-0.05, 0) is 22.9 Å². The van der Waals surface area contributed by atoms with Gasteiger partial charge in [-0.15, -0.1) is 0 Å². The number of aliphatic hydroxyl groups is 1. The molecule has 0 aliphatic carbocycles. The van der Waals surface area contributed by atoms with Crippen molar-refractivity contribution in [3.8, 4) is 0 Å². The van der Waals surface area contributed by atoms with Crippen LogP contribution in [0.15, 0.2) is 36.4 Å². The minimum atomic E-state index is -0.523. The molecule has 0 aromatic heterocycles. The van der Waals surface area contributed by atoms with Crippen LogP contribution in [0.1, 0.15) is 38.4 Å². The summed E-state index contributed by atoms with van der Waals surface area (Å²) in [6.45, 7) is 4.15. The first-order valence-corrected chi connectivity index (χ1v) is 6.54. The minimum Gasteiger partial charge on any atom is -0.388 e. The highest BCUT2D eigenvalue weighted by Gasteiger charge is 2.20. The van der Waals surface area contributed by atoms with Gasteiger partial charge in [0, 0.05) is 5.39 Å². The largest absolute Gasteiger partial charge is 0.388 e. The van der Waals surface area contributed by atoms with E-state index in [1.165, 1.54) is 6.07 Å². The Labute approximate surface area is 107 Å². The first-order chi connectivity index (χ1) is 8.69. The number of rotatable bonds is 4. The average molecular weight is 246 g/mol. The van der Waals surface area contributed by atoms with E-state index in [4.69, 9.17) is 0 Å². The molecule has 0 heterocycles. The molecule has 1 atom stereocenters. The monoisotopic (exact) mass is 246 g/mol. The summed E-state index contributed by atoms with van der Waals surface area (Å²) in [5, 5.41) is 11.8. The SMILES string of the molecule is CCC(CC)C(O)c1ccc(F)c2ccccc12. The first-order valence-electron chi connectivity index (χ1n) is 6.54. The molecule has 1 nitrogen and oxygen atoms in total. The van der Waals surface area contributed by atoms with E-state index in [0.29, 0.717) is 5.39 Å². The maximum Gasteiger partial charge on any atom is 0.131 e. The smallest absolute Gasteiger partial charge is 0.131 e. The Bertz CT molecular complexity index is 532. The number of halogens is 1. The Morgan fingerprint density at radius 3 is 2.22 bits per heavy atom. The summed E-state index contributed by atoms with van der Waals surface area (Å²) in [5.41, 5.74) is 0.834. The lowest BCUT2D eigenvalue weighted by molar-refractivity contribution is 0.105. The molecule has 0 aliphatic heterocycles. The number of hydrogen-bond acceptors (Lipinski definition) is 1. The molecular weight excluding hydrogens is 227 g/mol. The summed E-state index contributed by atoms with van der Waals surface area (Å²) in [7, 11) is 0. The lowest BCUT2D eigenvalue weighted by atomic mass is 9.88. The summed E-state index contributed by atoms with van der Waals surface area (Å²) in [5.74, 6) is -0.00929. The van der Waals surface area contributed by atoms with Crippen molar-refractivity contribution in [2.75, 3.05) is 0 Å². The molecule has 0 fully saturated rings. The van der Waals surface area contributed by atoms with Crippen LogP contribution < -0.4 is 0 Å². The van der Waals surface area contributed by atoms with Gasteiger partial charge < -0.3 is 5.11 Å². The number of fused-ring (bicyclic) bond motifs is 1. The minimum absolute atomic E-state index is 0.221. The molecule has 0 saturated carbocycles. The van der Waals surface area contributed by atoms with E-state index in [2.05, 4.69) is 13.8 Å². The van der Waals surface area contributed by atoms with Crippen molar-refractivity contribution in [2.45, 2.75) is 32.8 Å². The zero-order valence-corrected chi connectivity index (χ0v) is 10.9. The molecule has 0 saturated heterocycles. The van der Waals surface area contributed by atoms with Gasteiger partial charge in [0.15, 0.2) is 0 Å². The van der Waals surface area contributed by atoms with E-state index >= 15 is 0 Å². The van der Waals surface area contributed by atoms with Crippen LogP contribution in [0.2, 0.25) is 0 Å². The van der Waals surface area contributed by atoms with Crippen molar-refractivity contribution in [2.24, 2.45) is 5.92 Å². The molecule has 2 aromatic rings. The van der Waals surface area contributed by atoms with E-state index < -0.39 is 6.10 Å².